The van der Waals surface area contributed by atoms with Crippen molar-refractivity contribution in [2.45, 2.75) is 13.8 Å². The molecule has 2 nitrogen and oxygen atoms in total. The maximum absolute atomic E-state index is 13.9. The number of rotatable bonds is 1. The van der Waals surface area contributed by atoms with Crippen molar-refractivity contribution < 1.29 is 4.39 Å². The van der Waals surface area contributed by atoms with Crippen LogP contribution in [-0.2, 0) is 0 Å². The average molecular weight is 237 g/mol. The predicted molar refractivity (Wildman–Crippen MR) is 61.9 cm³/mol. The lowest BCUT2D eigenvalue weighted by molar-refractivity contribution is 0.628. The summed E-state index contributed by atoms with van der Waals surface area (Å²) in [4.78, 5) is 7.80. The molecule has 82 valence electrons. The molecule has 1 heterocycles. The van der Waals surface area contributed by atoms with Gasteiger partial charge in [0.05, 0.1) is 10.7 Å². The van der Waals surface area contributed by atoms with E-state index in [1.165, 1.54) is 18.6 Å². The van der Waals surface area contributed by atoms with Crippen molar-refractivity contribution in [1.82, 2.24) is 9.97 Å². The number of halogens is 2. The quantitative estimate of drug-likeness (QED) is 0.757. The van der Waals surface area contributed by atoms with Crippen LogP contribution in [0.25, 0.3) is 11.3 Å². The molecule has 2 aromatic rings. The molecule has 0 unspecified atom stereocenters. The lowest BCUT2D eigenvalue weighted by atomic mass is 10.0. The maximum atomic E-state index is 13.9. The molecule has 4 heteroatoms. The third-order valence-electron chi connectivity index (χ3n) is 2.34. The summed E-state index contributed by atoms with van der Waals surface area (Å²) in [7, 11) is 0. The minimum absolute atomic E-state index is 0.307. The molecule has 0 radical (unpaired) electrons. The van der Waals surface area contributed by atoms with E-state index in [-0.39, 0.29) is 5.82 Å². The van der Waals surface area contributed by atoms with Crippen LogP contribution >= 0.6 is 11.6 Å². The van der Waals surface area contributed by atoms with Gasteiger partial charge < -0.3 is 0 Å². The first-order chi connectivity index (χ1) is 7.59. The molecule has 0 saturated heterocycles. The summed E-state index contributed by atoms with van der Waals surface area (Å²) in [6.45, 7) is 3.69. The molecular formula is C12H10ClFN2. The number of nitrogens with zero attached hydrogens (tertiary/aromatic N) is 2. The molecule has 0 bridgehead atoms. The standard InChI is InChI=1S/C12H10ClFN2/c1-7-3-8(2)11(10(14)4-7)12-9(13)5-15-6-16-12/h3-6H,1-2H3. The lowest BCUT2D eigenvalue weighted by Gasteiger charge is -2.09. The van der Waals surface area contributed by atoms with Crippen molar-refractivity contribution in [1.29, 1.82) is 0 Å². The van der Waals surface area contributed by atoms with E-state index in [1.807, 2.05) is 19.9 Å². The number of aryl methyl sites for hydroxylation is 2. The smallest absolute Gasteiger partial charge is 0.133 e. The Kier molecular flexibility index (Phi) is 2.88. The van der Waals surface area contributed by atoms with Gasteiger partial charge >= 0.3 is 0 Å². The molecule has 16 heavy (non-hydrogen) atoms. The highest BCUT2D eigenvalue weighted by atomic mass is 35.5. The largest absolute Gasteiger partial charge is 0.243 e. The highest BCUT2D eigenvalue weighted by molar-refractivity contribution is 6.32. The summed E-state index contributed by atoms with van der Waals surface area (Å²) in [6.07, 6.45) is 2.82. The van der Waals surface area contributed by atoms with Crippen LogP contribution < -0.4 is 0 Å². The molecule has 0 spiro atoms. The van der Waals surface area contributed by atoms with Crippen molar-refractivity contribution in [3.63, 3.8) is 0 Å². The van der Waals surface area contributed by atoms with Gasteiger partial charge in [-0.05, 0) is 31.0 Å². The van der Waals surface area contributed by atoms with E-state index < -0.39 is 0 Å². The summed E-state index contributed by atoms with van der Waals surface area (Å²) in [5.74, 6) is -0.307. The first-order valence-corrected chi connectivity index (χ1v) is 5.20. The Morgan fingerprint density at radius 3 is 2.62 bits per heavy atom. The lowest BCUT2D eigenvalue weighted by Crippen LogP contribution is -1.94. The third kappa shape index (κ3) is 1.91. The van der Waals surface area contributed by atoms with E-state index in [0.717, 1.165) is 11.1 Å². The highest BCUT2D eigenvalue weighted by Gasteiger charge is 2.13. The molecule has 1 aromatic carbocycles. The summed E-state index contributed by atoms with van der Waals surface area (Å²) in [5, 5.41) is 0.355. The molecule has 0 aliphatic heterocycles. The van der Waals surface area contributed by atoms with E-state index in [4.69, 9.17) is 11.6 Å². The van der Waals surface area contributed by atoms with Crippen LogP contribution in [0.3, 0.4) is 0 Å². The first kappa shape index (κ1) is 11.0. The van der Waals surface area contributed by atoms with Gasteiger partial charge in [0.25, 0.3) is 0 Å². The van der Waals surface area contributed by atoms with Gasteiger partial charge in [0.1, 0.15) is 12.1 Å². The Morgan fingerprint density at radius 2 is 2.00 bits per heavy atom. The van der Waals surface area contributed by atoms with Crippen LogP contribution in [0.4, 0.5) is 4.39 Å². The molecule has 0 atom stereocenters. The molecular weight excluding hydrogens is 227 g/mol. The monoisotopic (exact) mass is 236 g/mol. The number of benzene rings is 1. The predicted octanol–water partition coefficient (Wildman–Crippen LogP) is 3.55. The molecule has 0 aliphatic carbocycles. The molecule has 0 N–H and O–H groups in total. The number of hydrogen-bond donors (Lipinski definition) is 0. The van der Waals surface area contributed by atoms with Crippen LogP contribution in [0.5, 0.6) is 0 Å². The fourth-order valence-electron chi connectivity index (χ4n) is 1.71. The summed E-state index contributed by atoms with van der Waals surface area (Å²) in [5.41, 5.74) is 2.58. The zero-order valence-electron chi connectivity index (χ0n) is 8.96. The van der Waals surface area contributed by atoms with E-state index in [0.29, 0.717) is 16.3 Å². The fourth-order valence-corrected chi connectivity index (χ4v) is 1.91. The van der Waals surface area contributed by atoms with Crippen LogP contribution in [0.1, 0.15) is 11.1 Å². The van der Waals surface area contributed by atoms with Crippen molar-refractivity contribution >= 4 is 11.6 Å². The third-order valence-corrected chi connectivity index (χ3v) is 2.61. The van der Waals surface area contributed by atoms with E-state index >= 15 is 0 Å². The molecule has 0 aliphatic rings. The molecule has 1 aromatic heterocycles. The van der Waals surface area contributed by atoms with Crippen LogP contribution in [0.15, 0.2) is 24.7 Å². The highest BCUT2D eigenvalue weighted by Crippen LogP contribution is 2.30. The van der Waals surface area contributed by atoms with Crippen molar-refractivity contribution in [3.05, 3.63) is 46.6 Å². The van der Waals surface area contributed by atoms with Gasteiger partial charge in [0.2, 0.25) is 0 Å². The Labute approximate surface area is 98.1 Å². The van der Waals surface area contributed by atoms with E-state index in [2.05, 4.69) is 9.97 Å². The van der Waals surface area contributed by atoms with Gasteiger partial charge in [-0.25, -0.2) is 14.4 Å². The maximum Gasteiger partial charge on any atom is 0.133 e. The van der Waals surface area contributed by atoms with E-state index in [9.17, 15) is 4.39 Å². The number of hydrogen-bond acceptors (Lipinski definition) is 2. The van der Waals surface area contributed by atoms with Crippen LogP contribution in [0.2, 0.25) is 5.02 Å². The second-order valence-electron chi connectivity index (χ2n) is 3.66. The second-order valence-corrected chi connectivity index (χ2v) is 4.07. The molecule has 0 amide bonds. The molecule has 0 fully saturated rings. The van der Waals surface area contributed by atoms with Gasteiger partial charge in [0, 0.05) is 11.8 Å². The van der Waals surface area contributed by atoms with Crippen LogP contribution in [0, 0.1) is 19.7 Å². The second kappa shape index (κ2) is 4.18. The zero-order valence-corrected chi connectivity index (χ0v) is 9.72. The van der Waals surface area contributed by atoms with Gasteiger partial charge in [-0.3, -0.25) is 0 Å². The summed E-state index contributed by atoms with van der Waals surface area (Å²) in [6, 6.07) is 3.37. The van der Waals surface area contributed by atoms with Gasteiger partial charge in [-0.1, -0.05) is 17.7 Å². The SMILES string of the molecule is Cc1cc(C)c(-c2ncncc2Cl)c(F)c1. The van der Waals surface area contributed by atoms with Crippen LogP contribution in [-0.4, -0.2) is 9.97 Å². The van der Waals surface area contributed by atoms with Crippen molar-refractivity contribution in [3.8, 4) is 11.3 Å². The zero-order chi connectivity index (χ0) is 11.7. The molecule has 0 saturated carbocycles. The first-order valence-electron chi connectivity index (χ1n) is 4.82. The van der Waals surface area contributed by atoms with Gasteiger partial charge in [0.15, 0.2) is 0 Å². The Balaban J connectivity index is 2.70. The van der Waals surface area contributed by atoms with Crippen molar-refractivity contribution in [2.24, 2.45) is 0 Å². The van der Waals surface area contributed by atoms with Gasteiger partial charge in [-0.2, -0.15) is 0 Å². The van der Waals surface area contributed by atoms with Crippen molar-refractivity contribution in [2.75, 3.05) is 0 Å². The Bertz CT molecular complexity index is 517. The average Bonchev–Trinajstić information content (AvgIpc) is 2.19. The number of aromatic nitrogens is 2. The summed E-state index contributed by atoms with van der Waals surface area (Å²) >= 11 is 5.95. The Morgan fingerprint density at radius 1 is 1.25 bits per heavy atom. The normalized spacial score (nSPS) is 10.5. The minimum Gasteiger partial charge on any atom is -0.243 e. The Hall–Kier alpha value is -1.48. The molecule has 2 rings (SSSR count). The summed E-state index contributed by atoms with van der Waals surface area (Å²) < 4.78 is 13.9. The topological polar surface area (TPSA) is 25.8 Å². The fraction of sp³-hybridized carbons (Fsp3) is 0.167. The van der Waals surface area contributed by atoms with E-state index in [1.54, 1.807) is 0 Å². The minimum atomic E-state index is -0.307. The van der Waals surface area contributed by atoms with Gasteiger partial charge in [-0.15, -0.1) is 0 Å².